The Kier molecular flexibility index (Phi) is 8.95. The van der Waals surface area contributed by atoms with Crippen molar-refractivity contribution in [3.8, 4) is 11.5 Å². The lowest BCUT2D eigenvalue weighted by Crippen LogP contribution is -2.67. The number of β-lactam (4-membered cyclic amide) rings is 1. The number of nitrogens with zero attached hydrogens (tertiary/aromatic N) is 2. The van der Waals surface area contributed by atoms with E-state index in [2.05, 4.69) is 19.6 Å². The minimum atomic E-state index is -1.24. The van der Waals surface area contributed by atoms with Gasteiger partial charge in [-0.2, -0.15) is 0 Å². The molecule has 2 fully saturated rings. The molecule has 10 heteroatoms. The highest BCUT2D eigenvalue weighted by molar-refractivity contribution is 6.76. The van der Waals surface area contributed by atoms with Crippen LogP contribution in [0.15, 0.2) is 18.2 Å². The summed E-state index contributed by atoms with van der Waals surface area (Å²) in [5.74, 6) is 0.827. The monoisotopic (exact) mass is 534 g/mol. The van der Waals surface area contributed by atoms with E-state index in [1.54, 1.807) is 46.0 Å². The molecular weight excluding hydrogens is 492 g/mol. The Labute approximate surface area is 221 Å². The second-order valence-corrected chi connectivity index (χ2v) is 17.7. The van der Waals surface area contributed by atoms with E-state index in [9.17, 15) is 14.4 Å². The number of fused-ring (bicyclic) bond motifs is 1. The van der Waals surface area contributed by atoms with Gasteiger partial charge < -0.3 is 23.8 Å². The number of ether oxygens (including phenoxy) is 4. The molecule has 206 valence electrons. The fourth-order valence-electron chi connectivity index (χ4n) is 4.82. The van der Waals surface area contributed by atoms with E-state index in [1.807, 2.05) is 12.1 Å². The molecule has 2 saturated heterocycles. The molecule has 2 amide bonds. The van der Waals surface area contributed by atoms with Gasteiger partial charge in [-0.1, -0.05) is 25.7 Å². The molecule has 3 atom stereocenters. The summed E-state index contributed by atoms with van der Waals surface area (Å²) in [5, 5.41) is 0. The number of Topliss-reactive ketones (excluding diaryl/α,β-unsaturated/α-hetero) is 1. The van der Waals surface area contributed by atoms with Crippen molar-refractivity contribution in [3.05, 3.63) is 23.8 Å². The van der Waals surface area contributed by atoms with Gasteiger partial charge in [0, 0.05) is 40.1 Å². The molecule has 0 radical (unpaired) electrons. The number of hydrogen-bond donors (Lipinski definition) is 0. The van der Waals surface area contributed by atoms with Crippen LogP contribution in [0.5, 0.6) is 11.5 Å². The summed E-state index contributed by atoms with van der Waals surface area (Å²) in [6, 6.07) is 5.63. The number of rotatable bonds is 11. The first-order valence-corrected chi connectivity index (χ1v) is 16.5. The van der Waals surface area contributed by atoms with Gasteiger partial charge in [0.25, 0.3) is 0 Å². The summed E-state index contributed by atoms with van der Waals surface area (Å²) >= 11 is 0. The maximum absolute atomic E-state index is 13.3. The molecule has 37 heavy (non-hydrogen) atoms. The van der Waals surface area contributed by atoms with Crippen LogP contribution in [0.2, 0.25) is 25.7 Å². The molecule has 0 aliphatic carbocycles. The van der Waals surface area contributed by atoms with Crippen molar-refractivity contribution >= 4 is 25.9 Å². The maximum Gasteiger partial charge on any atom is 0.411 e. The number of ketones is 1. The van der Waals surface area contributed by atoms with E-state index in [0.29, 0.717) is 31.2 Å². The molecular formula is C27H42N2O7Si. The number of methoxy groups -OCH3 is 2. The van der Waals surface area contributed by atoms with Gasteiger partial charge in [0.05, 0.1) is 20.3 Å². The second kappa shape index (κ2) is 11.4. The second-order valence-electron chi connectivity index (χ2n) is 12.1. The van der Waals surface area contributed by atoms with Gasteiger partial charge >= 0.3 is 6.09 Å². The van der Waals surface area contributed by atoms with Crippen molar-refractivity contribution < 1.29 is 33.3 Å². The molecule has 1 aromatic carbocycles. The van der Waals surface area contributed by atoms with Crippen molar-refractivity contribution in [1.29, 1.82) is 0 Å². The van der Waals surface area contributed by atoms with Crippen LogP contribution in [0.4, 0.5) is 4.79 Å². The van der Waals surface area contributed by atoms with E-state index in [4.69, 9.17) is 18.9 Å². The fraction of sp³-hybridized carbons (Fsp3) is 0.667. The Morgan fingerprint density at radius 3 is 2.35 bits per heavy atom. The van der Waals surface area contributed by atoms with E-state index in [1.165, 1.54) is 4.90 Å². The van der Waals surface area contributed by atoms with Crippen molar-refractivity contribution in [2.24, 2.45) is 5.92 Å². The first-order chi connectivity index (χ1) is 17.2. The average molecular weight is 535 g/mol. The summed E-state index contributed by atoms with van der Waals surface area (Å²) < 4.78 is 22.0. The highest BCUT2D eigenvalue weighted by Crippen LogP contribution is 2.41. The van der Waals surface area contributed by atoms with Gasteiger partial charge in [-0.3, -0.25) is 14.5 Å². The van der Waals surface area contributed by atoms with E-state index in [0.717, 1.165) is 11.6 Å². The summed E-state index contributed by atoms with van der Waals surface area (Å²) in [6.45, 7) is 13.4. The van der Waals surface area contributed by atoms with Crippen LogP contribution in [0.1, 0.15) is 32.8 Å². The van der Waals surface area contributed by atoms with Gasteiger partial charge in [-0.05, 0) is 44.5 Å². The lowest BCUT2D eigenvalue weighted by atomic mass is 9.85. The third kappa shape index (κ3) is 7.25. The molecule has 0 saturated carbocycles. The van der Waals surface area contributed by atoms with Crippen LogP contribution in [0, 0.1) is 5.92 Å². The standard InChI is InChI=1S/C27H42N2O7Si/c1-27(2,3)36-26(32)29-16-19(14-20(30)17-35-11-12-37(6,7)8)23-24(29)25(31)28(23)15-18-9-10-21(33-4)22(13-18)34-5/h9-10,13,19,23-24H,11-12,14-17H2,1-8H3/t19-,23-,24+/m1/s1. The number of likely N-dealkylation sites (tertiary alicyclic amines) is 2. The van der Waals surface area contributed by atoms with Gasteiger partial charge in [-0.25, -0.2) is 4.79 Å². The number of carbonyl (C=O) groups excluding carboxylic acids is 3. The van der Waals surface area contributed by atoms with Crippen molar-refractivity contribution in [2.75, 3.05) is 34.0 Å². The Morgan fingerprint density at radius 1 is 1.08 bits per heavy atom. The molecule has 0 unspecified atom stereocenters. The molecule has 2 aliphatic heterocycles. The number of hydrogen-bond acceptors (Lipinski definition) is 7. The predicted molar refractivity (Wildman–Crippen MR) is 143 cm³/mol. The van der Waals surface area contributed by atoms with Crippen LogP contribution < -0.4 is 9.47 Å². The third-order valence-electron chi connectivity index (χ3n) is 6.65. The van der Waals surface area contributed by atoms with Gasteiger partial charge in [0.2, 0.25) is 5.91 Å². The van der Waals surface area contributed by atoms with Crippen molar-refractivity contribution in [3.63, 3.8) is 0 Å². The Hall–Kier alpha value is -2.59. The molecule has 3 rings (SSSR count). The minimum absolute atomic E-state index is 0.0178. The van der Waals surface area contributed by atoms with Crippen molar-refractivity contribution in [1.82, 2.24) is 9.80 Å². The highest BCUT2D eigenvalue weighted by atomic mass is 28.3. The molecule has 0 N–H and O–H groups in total. The van der Waals surface area contributed by atoms with E-state index >= 15 is 0 Å². The summed E-state index contributed by atoms with van der Waals surface area (Å²) in [7, 11) is 1.90. The highest BCUT2D eigenvalue weighted by Gasteiger charge is 2.60. The summed E-state index contributed by atoms with van der Waals surface area (Å²) in [5.41, 5.74) is 0.191. The van der Waals surface area contributed by atoms with Crippen LogP contribution in [-0.4, -0.2) is 87.3 Å². The minimum Gasteiger partial charge on any atom is -0.493 e. The molecule has 2 heterocycles. The fourth-order valence-corrected chi connectivity index (χ4v) is 5.58. The molecule has 1 aromatic rings. The van der Waals surface area contributed by atoms with Crippen LogP contribution in [0.25, 0.3) is 0 Å². The quantitative estimate of drug-likeness (QED) is 0.241. The Bertz CT molecular complexity index is 1000. The van der Waals surface area contributed by atoms with E-state index < -0.39 is 25.8 Å². The molecule has 0 spiro atoms. The lowest BCUT2D eigenvalue weighted by Gasteiger charge is -2.47. The number of amides is 2. The zero-order valence-electron chi connectivity index (χ0n) is 23.5. The SMILES string of the molecule is COc1ccc(CN2C(=O)[C@@H]3[C@H]2[C@H](CC(=O)COCC[Si](C)(C)C)CN3C(=O)OC(C)(C)C)cc1OC. The number of carbonyl (C=O) groups is 3. The lowest BCUT2D eigenvalue weighted by molar-refractivity contribution is -0.156. The van der Waals surface area contributed by atoms with Gasteiger partial charge in [0.1, 0.15) is 18.2 Å². The zero-order valence-corrected chi connectivity index (χ0v) is 24.5. The largest absolute Gasteiger partial charge is 0.493 e. The van der Waals surface area contributed by atoms with Crippen LogP contribution in [-0.2, 0) is 25.6 Å². The first-order valence-electron chi connectivity index (χ1n) is 12.8. The molecule has 0 bridgehead atoms. The molecule has 2 aliphatic rings. The summed E-state index contributed by atoms with van der Waals surface area (Å²) in [4.78, 5) is 42.3. The molecule has 0 aromatic heterocycles. The summed E-state index contributed by atoms with van der Waals surface area (Å²) in [6.07, 6.45) is -0.286. The maximum atomic E-state index is 13.3. The van der Waals surface area contributed by atoms with E-state index in [-0.39, 0.29) is 36.7 Å². The smallest absolute Gasteiger partial charge is 0.411 e. The van der Waals surface area contributed by atoms with Crippen molar-refractivity contribution in [2.45, 2.75) is 77.1 Å². The Balaban J connectivity index is 1.73. The van der Waals surface area contributed by atoms with Crippen LogP contribution >= 0.6 is 0 Å². The topological polar surface area (TPSA) is 94.6 Å². The first kappa shape index (κ1) is 29.0. The van der Waals surface area contributed by atoms with Gasteiger partial charge in [0.15, 0.2) is 17.3 Å². The predicted octanol–water partition coefficient (Wildman–Crippen LogP) is 3.96. The average Bonchev–Trinajstić information content (AvgIpc) is 3.13. The Morgan fingerprint density at radius 2 is 1.76 bits per heavy atom. The number of benzene rings is 1. The third-order valence-corrected chi connectivity index (χ3v) is 8.35. The normalized spacial score (nSPS) is 21.4. The molecule has 9 nitrogen and oxygen atoms in total. The van der Waals surface area contributed by atoms with Gasteiger partial charge in [-0.15, -0.1) is 0 Å². The van der Waals surface area contributed by atoms with Crippen LogP contribution in [0.3, 0.4) is 0 Å². The zero-order chi connectivity index (χ0) is 27.5.